The summed E-state index contributed by atoms with van der Waals surface area (Å²) in [5.41, 5.74) is 5.98. The van der Waals surface area contributed by atoms with Crippen LogP contribution in [0.1, 0.15) is 10.4 Å². The highest BCUT2D eigenvalue weighted by Crippen LogP contribution is 2.17. The number of hydrogen-bond acceptors (Lipinski definition) is 5. The first-order valence-corrected chi connectivity index (χ1v) is 6.47. The number of nitrogens with zero attached hydrogens (tertiary/aromatic N) is 3. The fourth-order valence-electron chi connectivity index (χ4n) is 2.40. The van der Waals surface area contributed by atoms with E-state index in [-0.39, 0.29) is 17.6 Å². The molecule has 1 amide bonds. The van der Waals surface area contributed by atoms with Crippen molar-refractivity contribution in [2.24, 2.45) is 5.73 Å². The lowest BCUT2D eigenvalue weighted by molar-refractivity contribution is -0.384. The minimum atomic E-state index is -0.499. The van der Waals surface area contributed by atoms with Crippen LogP contribution in [-0.4, -0.2) is 59.9 Å². The molecular formula is C13H18N4O3. The van der Waals surface area contributed by atoms with Crippen molar-refractivity contribution in [3.8, 4) is 0 Å². The maximum absolute atomic E-state index is 12.5. The number of non-ortho nitro benzene ring substituents is 1. The van der Waals surface area contributed by atoms with Crippen molar-refractivity contribution < 1.29 is 9.72 Å². The van der Waals surface area contributed by atoms with Crippen LogP contribution < -0.4 is 5.73 Å². The quantitative estimate of drug-likeness (QED) is 0.634. The Morgan fingerprint density at radius 3 is 2.90 bits per heavy atom. The Bertz CT molecular complexity index is 520. The summed E-state index contributed by atoms with van der Waals surface area (Å²) in [6.45, 7) is 2.46. The van der Waals surface area contributed by atoms with E-state index in [1.54, 1.807) is 11.0 Å². The van der Waals surface area contributed by atoms with Gasteiger partial charge in [-0.2, -0.15) is 0 Å². The number of nitro groups is 1. The summed E-state index contributed by atoms with van der Waals surface area (Å²) in [4.78, 5) is 26.6. The number of likely N-dealkylation sites (N-methyl/N-ethyl adjacent to an activating group) is 1. The van der Waals surface area contributed by atoms with E-state index in [0.717, 1.165) is 13.1 Å². The SMILES string of the molecule is CN1CCN(C(=O)c2cccc([N+](=O)[O-])c2)C(CN)C1. The van der Waals surface area contributed by atoms with Gasteiger partial charge in [-0.05, 0) is 13.1 Å². The highest BCUT2D eigenvalue weighted by molar-refractivity contribution is 5.95. The van der Waals surface area contributed by atoms with Crippen LogP contribution in [0.25, 0.3) is 0 Å². The van der Waals surface area contributed by atoms with Gasteiger partial charge in [0.05, 0.1) is 11.0 Å². The van der Waals surface area contributed by atoms with Crippen molar-refractivity contribution in [2.45, 2.75) is 6.04 Å². The van der Waals surface area contributed by atoms with Crippen molar-refractivity contribution in [3.63, 3.8) is 0 Å². The molecule has 1 unspecified atom stereocenters. The molecule has 7 nitrogen and oxygen atoms in total. The first-order valence-electron chi connectivity index (χ1n) is 6.47. The molecule has 7 heteroatoms. The average Bonchev–Trinajstić information content (AvgIpc) is 2.46. The Labute approximate surface area is 117 Å². The second-order valence-corrected chi connectivity index (χ2v) is 4.96. The Morgan fingerprint density at radius 2 is 2.25 bits per heavy atom. The van der Waals surface area contributed by atoms with Gasteiger partial charge in [-0.1, -0.05) is 6.07 Å². The lowest BCUT2D eigenvalue weighted by atomic mass is 10.1. The number of benzene rings is 1. The van der Waals surface area contributed by atoms with Gasteiger partial charge >= 0.3 is 0 Å². The third kappa shape index (κ3) is 2.94. The van der Waals surface area contributed by atoms with E-state index in [4.69, 9.17) is 5.73 Å². The Hall–Kier alpha value is -1.99. The molecule has 108 valence electrons. The number of nitro benzene ring substituents is 1. The molecule has 1 fully saturated rings. The zero-order valence-corrected chi connectivity index (χ0v) is 11.4. The van der Waals surface area contributed by atoms with Crippen LogP contribution in [0.15, 0.2) is 24.3 Å². The summed E-state index contributed by atoms with van der Waals surface area (Å²) in [5, 5.41) is 10.8. The standard InChI is InChI=1S/C13H18N4O3/c1-15-5-6-16(12(8-14)9-15)13(18)10-3-2-4-11(7-10)17(19)20/h2-4,7,12H,5-6,8-9,14H2,1H3. The van der Waals surface area contributed by atoms with Crippen molar-refractivity contribution in [3.05, 3.63) is 39.9 Å². The molecule has 1 atom stereocenters. The van der Waals surface area contributed by atoms with E-state index in [2.05, 4.69) is 4.90 Å². The third-order valence-corrected chi connectivity index (χ3v) is 3.52. The van der Waals surface area contributed by atoms with Crippen molar-refractivity contribution in [1.82, 2.24) is 9.80 Å². The van der Waals surface area contributed by atoms with Crippen molar-refractivity contribution >= 4 is 11.6 Å². The third-order valence-electron chi connectivity index (χ3n) is 3.52. The predicted molar refractivity (Wildman–Crippen MR) is 74.5 cm³/mol. The lowest BCUT2D eigenvalue weighted by Gasteiger charge is -2.39. The second kappa shape index (κ2) is 5.98. The molecule has 1 aliphatic rings. The largest absolute Gasteiger partial charge is 0.332 e. The molecule has 2 rings (SSSR count). The topological polar surface area (TPSA) is 92.7 Å². The lowest BCUT2D eigenvalue weighted by Crippen LogP contribution is -2.56. The van der Waals surface area contributed by atoms with Crippen LogP contribution in [0.4, 0.5) is 5.69 Å². The number of hydrogen-bond donors (Lipinski definition) is 1. The van der Waals surface area contributed by atoms with E-state index < -0.39 is 4.92 Å². The van der Waals surface area contributed by atoms with Crippen LogP contribution in [-0.2, 0) is 0 Å². The minimum Gasteiger partial charge on any atom is -0.332 e. The number of rotatable bonds is 3. The van der Waals surface area contributed by atoms with Gasteiger partial charge in [-0.3, -0.25) is 14.9 Å². The van der Waals surface area contributed by atoms with Crippen LogP contribution in [0.3, 0.4) is 0 Å². The van der Waals surface area contributed by atoms with E-state index in [1.165, 1.54) is 18.2 Å². The van der Waals surface area contributed by atoms with Crippen LogP contribution in [0.5, 0.6) is 0 Å². The van der Waals surface area contributed by atoms with Crippen LogP contribution in [0, 0.1) is 10.1 Å². The minimum absolute atomic E-state index is 0.0551. The summed E-state index contributed by atoms with van der Waals surface area (Å²) in [7, 11) is 1.98. The molecule has 1 aromatic carbocycles. The molecule has 1 heterocycles. The molecule has 2 N–H and O–H groups in total. The van der Waals surface area contributed by atoms with Gasteiger partial charge in [-0.15, -0.1) is 0 Å². The van der Waals surface area contributed by atoms with E-state index in [1.807, 2.05) is 7.05 Å². The number of piperazine rings is 1. The summed E-state index contributed by atoms with van der Waals surface area (Å²) < 4.78 is 0. The smallest absolute Gasteiger partial charge is 0.270 e. The first-order chi connectivity index (χ1) is 9.52. The highest BCUT2D eigenvalue weighted by Gasteiger charge is 2.29. The average molecular weight is 278 g/mol. The Morgan fingerprint density at radius 1 is 1.50 bits per heavy atom. The zero-order chi connectivity index (χ0) is 14.7. The second-order valence-electron chi connectivity index (χ2n) is 4.96. The summed E-state index contributed by atoms with van der Waals surface area (Å²) in [6.07, 6.45) is 0. The molecule has 0 radical (unpaired) electrons. The first kappa shape index (κ1) is 14.4. The molecule has 1 aromatic rings. The number of carbonyl (C=O) groups excluding carboxylic acids is 1. The fraction of sp³-hybridized carbons (Fsp3) is 0.462. The van der Waals surface area contributed by atoms with Gasteiger partial charge in [0.1, 0.15) is 0 Å². The van der Waals surface area contributed by atoms with Crippen molar-refractivity contribution in [1.29, 1.82) is 0 Å². The molecule has 0 aliphatic carbocycles. The molecule has 0 aromatic heterocycles. The number of amides is 1. The maximum Gasteiger partial charge on any atom is 0.270 e. The van der Waals surface area contributed by atoms with Crippen LogP contribution in [0.2, 0.25) is 0 Å². The van der Waals surface area contributed by atoms with E-state index in [9.17, 15) is 14.9 Å². The molecule has 1 aliphatic heterocycles. The zero-order valence-electron chi connectivity index (χ0n) is 11.4. The number of nitrogens with two attached hydrogens (primary N) is 1. The van der Waals surface area contributed by atoms with Crippen molar-refractivity contribution in [2.75, 3.05) is 33.2 Å². The summed E-state index contributed by atoms with van der Waals surface area (Å²) in [5.74, 6) is -0.197. The fourth-order valence-corrected chi connectivity index (χ4v) is 2.40. The van der Waals surface area contributed by atoms with Gasteiger partial charge in [0.2, 0.25) is 0 Å². The monoisotopic (exact) mass is 278 g/mol. The molecule has 1 saturated heterocycles. The van der Waals surface area contributed by atoms with Gasteiger partial charge in [0, 0.05) is 43.9 Å². The number of carbonyl (C=O) groups is 1. The normalized spacial score (nSPS) is 19.9. The Balaban J connectivity index is 2.21. The molecule has 20 heavy (non-hydrogen) atoms. The predicted octanol–water partition coefficient (Wildman–Crippen LogP) is 0.310. The van der Waals surface area contributed by atoms with E-state index >= 15 is 0 Å². The summed E-state index contributed by atoms with van der Waals surface area (Å²) in [6, 6.07) is 5.76. The van der Waals surface area contributed by atoms with E-state index in [0.29, 0.717) is 18.7 Å². The Kier molecular flexibility index (Phi) is 4.31. The molecule has 0 bridgehead atoms. The van der Waals surface area contributed by atoms with Gasteiger partial charge in [0.15, 0.2) is 0 Å². The molecule has 0 spiro atoms. The molecule has 0 saturated carbocycles. The van der Waals surface area contributed by atoms with Gasteiger partial charge < -0.3 is 15.5 Å². The van der Waals surface area contributed by atoms with Gasteiger partial charge in [0.25, 0.3) is 11.6 Å². The maximum atomic E-state index is 12.5. The molecular weight excluding hydrogens is 260 g/mol. The van der Waals surface area contributed by atoms with Crippen LogP contribution >= 0.6 is 0 Å². The highest BCUT2D eigenvalue weighted by atomic mass is 16.6. The summed E-state index contributed by atoms with van der Waals surface area (Å²) >= 11 is 0. The van der Waals surface area contributed by atoms with Gasteiger partial charge in [-0.25, -0.2) is 0 Å².